The van der Waals surface area contributed by atoms with E-state index in [0.717, 1.165) is 28.6 Å². The number of aromatic nitrogens is 2. The number of nitrogens with one attached hydrogen (secondary N) is 1. The van der Waals surface area contributed by atoms with Crippen LogP contribution < -0.4 is 10.2 Å². The van der Waals surface area contributed by atoms with Crippen LogP contribution in [-0.2, 0) is 0 Å². The molecule has 1 saturated carbocycles. The largest absolute Gasteiger partial charge is 0.337 e. The molecule has 2 aliphatic rings. The number of hydrogen-bond acceptors (Lipinski definition) is 4. The minimum atomic E-state index is 0.569. The van der Waals surface area contributed by atoms with Gasteiger partial charge in [0, 0.05) is 41.1 Å². The zero-order valence-electron chi connectivity index (χ0n) is 10.5. The maximum Gasteiger partial charge on any atom is 0.225 e. The Morgan fingerprint density at radius 1 is 1.22 bits per heavy atom. The summed E-state index contributed by atoms with van der Waals surface area (Å²) >= 11 is 2.25. The van der Waals surface area contributed by atoms with Crippen LogP contribution in [0.5, 0.6) is 0 Å². The van der Waals surface area contributed by atoms with E-state index in [1.54, 1.807) is 0 Å². The van der Waals surface area contributed by atoms with Gasteiger partial charge in [-0.15, -0.1) is 0 Å². The van der Waals surface area contributed by atoms with Gasteiger partial charge in [0.1, 0.15) is 0 Å². The number of halogens is 1. The van der Waals surface area contributed by atoms with Crippen molar-refractivity contribution in [1.82, 2.24) is 15.3 Å². The molecule has 18 heavy (non-hydrogen) atoms. The van der Waals surface area contributed by atoms with Crippen molar-refractivity contribution in [2.45, 2.75) is 44.2 Å². The zero-order chi connectivity index (χ0) is 12.4. The van der Waals surface area contributed by atoms with E-state index < -0.39 is 0 Å². The maximum atomic E-state index is 4.47. The van der Waals surface area contributed by atoms with Crippen LogP contribution in [0.15, 0.2) is 12.4 Å². The van der Waals surface area contributed by atoms with Crippen molar-refractivity contribution in [3.05, 3.63) is 16.0 Å². The van der Waals surface area contributed by atoms with Crippen molar-refractivity contribution in [3.63, 3.8) is 0 Å². The highest BCUT2D eigenvalue weighted by Crippen LogP contribution is 2.23. The second-order valence-electron chi connectivity index (χ2n) is 5.23. The van der Waals surface area contributed by atoms with E-state index in [4.69, 9.17) is 0 Å². The molecule has 1 N–H and O–H groups in total. The molecule has 1 aromatic heterocycles. The molecule has 1 saturated heterocycles. The van der Waals surface area contributed by atoms with Crippen molar-refractivity contribution in [3.8, 4) is 0 Å². The summed E-state index contributed by atoms with van der Waals surface area (Å²) in [5.74, 6) is 0.901. The van der Waals surface area contributed by atoms with E-state index in [2.05, 4.69) is 42.8 Å². The van der Waals surface area contributed by atoms with Gasteiger partial charge >= 0.3 is 0 Å². The summed E-state index contributed by atoms with van der Waals surface area (Å²) in [5, 5.41) is 3.64. The predicted molar refractivity (Wildman–Crippen MR) is 80.8 cm³/mol. The standard InChI is InChI=1S/C13H19IN4/c14-10-7-16-13(17-8-10)18-6-2-1-3-12(18)9-15-11-4-5-11/h7-8,11-12,15H,1-6,9H2. The summed E-state index contributed by atoms with van der Waals surface area (Å²) in [6, 6.07) is 1.35. The fourth-order valence-corrected chi connectivity index (χ4v) is 2.80. The first kappa shape index (κ1) is 12.6. The monoisotopic (exact) mass is 358 g/mol. The minimum absolute atomic E-state index is 0.569. The number of hydrogen-bond donors (Lipinski definition) is 1. The lowest BCUT2D eigenvalue weighted by Gasteiger charge is -2.36. The topological polar surface area (TPSA) is 41.1 Å². The van der Waals surface area contributed by atoms with Crippen molar-refractivity contribution >= 4 is 28.5 Å². The average molecular weight is 358 g/mol. The van der Waals surface area contributed by atoms with Gasteiger partial charge in [0.05, 0.1) is 0 Å². The minimum Gasteiger partial charge on any atom is -0.337 e. The molecule has 1 aromatic rings. The Morgan fingerprint density at radius 3 is 2.72 bits per heavy atom. The molecule has 0 aromatic carbocycles. The van der Waals surface area contributed by atoms with Crippen LogP contribution >= 0.6 is 22.6 Å². The fourth-order valence-electron chi connectivity index (χ4n) is 2.52. The second-order valence-corrected chi connectivity index (χ2v) is 6.47. The molecule has 1 aliphatic heterocycles. The highest BCUT2D eigenvalue weighted by Gasteiger charge is 2.27. The molecule has 98 valence electrons. The van der Waals surface area contributed by atoms with Gasteiger partial charge in [0.25, 0.3) is 0 Å². The summed E-state index contributed by atoms with van der Waals surface area (Å²) in [6.07, 6.45) is 10.4. The lowest BCUT2D eigenvalue weighted by atomic mass is 10.0. The lowest BCUT2D eigenvalue weighted by molar-refractivity contribution is 0.428. The first-order valence-electron chi connectivity index (χ1n) is 6.80. The molecule has 0 spiro atoms. The average Bonchev–Trinajstić information content (AvgIpc) is 3.22. The van der Waals surface area contributed by atoms with Crippen molar-refractivity contribution in [2.75, 3.05) is 18.0 Å². The third-order valence-corrected chi connectivity index (χ3v) is 4.27. The molecule has 5 heteroatoms. The van der Waals surface area contributed by atoms with Gasteiger partial charge in [-0.1, -0.05) is 0 Å². The molecule has 0 amide bonds. The molecule has 2 fully saturated rings. The van der Waals surface area contributed by atoms with Crippen LogP contribution in [0.1, 0.15) is 32.1 Å². The Labute approximate surface area is 122 Å². The van der Waals surface area contributed by atoms with E-state index in [9.17, 15) is 0 Å². The second kappa shape index (κ2) is 5.69. The van der Waals surface area contributed by atoms with Gasteiger partial charge in [-0.2, -0.15) is 0 Å². The van der Waals surface area contributed by atoms with Crippen molar-refractivity contribution in [1.29, 1.82) is 0 Å². The zero-order valence-corrected chi connectivity index (χ0v) is 12.6. The smallest absolute Gasteiger partial charge is 0.225 e. The molecule has 0 bridgehead atoms. The van der Waals surface area contributed by atoms with E-state index in [1.165, 1.54) is 32.1 Å². The van der Waals surface area contributed by atoms with E-state index in [-0.39, 0.29) is 0 Å². The quantitative estimate of drug-likeness (QED) is 0.838. The van der Waals surface area contributed by atoms with Crippen LogP contribution in [0.3, 0.4) is 0 Å². The molecule has 1 aliphatic carbocycles. The molecule has 0 radical (unpaired) electrons. The predicted octanol–water partition coefficient (Wildman–Crippen LogP) is 2.19. The normalized spacial score (nSPS) is 24.3. The summed E-state index contributed by atoms with van der Waals surface area (Å²) in [4.78, 5) is 11.3. The van der Waals surface area contributed by atoms with Gasteiger partial charge in [0.2, 0.25) is 5.95 Å². The van der Waals surface area contributed by atoms with Crippen molar-refractivity contribution < 1.29 is 0 Å². The van der Waals surface area contributed by atoms with E-state index in [0.29, 0.717) is 6.04 Å². The Bertz CT molecular complexity index is 390. The highest BCUT2D eigenvalue weighted by atomic mass is 127. The van der Waals surface area contributed by atoms with E-state index in [1.807, 2.05) is 12.4 Å². The summed E-state index contributed by atoms with van der Waals surface area (Å²) in [7, 11) is 0. The molecule has 1 unspecified atom stereocenters. The number of nitrogens with zero attached hydrogens (tertiary/aromatic N) is 3. The third kappa shape index (κ3) is 3.12. The molecule has 2 heterocycles. The Kier molecular flexibility index (Phi) is 3.98. The molecular formula is C13H19IN4. The molecule has 1 atom stereocenters. The van der Waals surface area contributed by atoms with Gasteiger partial charge in [-0.05, 0) is 54.7 Å². The number of anilines is 1. The molecular weight excluding hydrogens is 339 g/mol. The number of rotatable bonds is 4. The van der Waals surface area contributed by atoms with Crippen molar-refractivity contribution in [2.24, 2.45) is 0 Å². The van der Waals surface area contributed by atoms with Crippen LogP contribution in [0.2, 0.25) is 0 Å². The van der Waals surface area contributed by atoms with Crippen LogP contribution in [0.4, 0.5) is 5.95 Å². The Morgan fingerprint density at radius 2 is 2.00 bits per heavy atom. The highest BCUT2D eigenvalue weighted by molar-refractivity contribution is 14.1. The van der Waals surface area contributed by atoms with E-state index >= 15 is 0 Å². The van der Waals surface area contributed by atoms with Gasteiger partial charge in [0.15, 0.2) is 0 Å². The van der Waals surface area contributed by atoms with Crippen LogP contribution in [0.25, 0.3) is 0 Å². The number of piperidine rings is 1. The Balaban J connectivity index is 1.67. The van der Waals surface area contributed by atoms with Gasteiger partial charge in [-0.25, -0.2) is 9.97 Å². The fraction of sp³-hybridized carbons (Fsp3) is 0.692. The third-order valence-electron chi connectivity index (χ3n) is 3.71. The first-order chi connectivity index (χ1) is 8.83. The maximum absolute atomic E-state index is 4.47. The molecule has 4 nitrogen and oxygen atoms in total. The first-order valence-corrected chi connectivity index (χ1v) is 7.88. The summed E-state index contributed by atoms with van der Waals surface area (Å²) in [5.41, 5.74) is 0. The SMILES string of the molecule is Ic1cnc(N2CCCCC2CNC2CC2)nc1. The summed E-state index contributed by atoms with van der Waals surface area (Å²) < 4.78 is 1.10. The molecule has 3 rings (SSSR count). The van der Waals surface area contributed by atoms with Crippen LogP contribution in [0, 0.1) is 3.57 Å². The summed E-state index contributed by atoms with van der Waals surface area (Å²) in [6.45, 7) is 2.18. The van der Waals surface area contributed by atoms with Gasteiger partial charge < -0.3 is 10.2 Å². The van der Waals surface area contributed by atoms with Gasteiger partial charge in [-0.3, -0.25) is 0 Å². The van der Waals surface area contributed by atoms with Crippen LogP contribution in [-0.4, -0.2) is 35.1 Å². The Hall–Kier alpha value is -0.430. The lowest BCUT2D eigenvalue weighted by Crippen LogP contribution is -2.46.